The number of allylic oxidation sites excluding steroid dienone is 4. The lowest BCUT2D eigenvalue weighted by Crippen LogP contribution is -2.41. The number of aliphatic hydroxyl groups is 1. The molecule has 3 atom stereocenters. The van der Waals surface area contributed by atoms with E-state index in [1.54, 1.807) is 18.2 Å². The highest BCUT2D eigenvalue weighted by Crippen LogP contribution is 2.34. The van der Waals surface area contributed by atoms with Gasteiger partial charge in [0, 0.05) is 12.5 Å². The van der Waals surface area contributed by atoms with E-state index in [9.17, 15) is 18.3 Å². The Morgan fingerprint density at radius 1 is 1.42 bits per heavy atom. The number of hydrogen-bond acceptors (Lipinski definition) is 9. The van der Waals surface area contributed by atoms with Gasteiger partial charge in [0.25, 0.3) is 15.9 Å². The van der Waals surface area contributed by atoms with Crippen molar-refractivity contribution in [2.75, 3.05) is 20.3 Å². The third-order valence-corrected chi connectivity index (χ3v) is 7.08. The van der Waals surface area contributed by atoms with E-state index >= 15 is 0 Å². The first-order valence-electron chi connectivity index (χ1n) is 9.33. The number of fused-ring (bicyclic) bond motifs is 1. The normalized spacial score (nSPS) is 24.1. The molecule has 2 aliphatic carbocycles. The number of methoxy groups -OCH3 is 1. The lowest BCUT2D eigenvalue weighted by molar-refractivity contribution is -0.121. The summed E-state index contributed by atoms with van der Waals surface area (Å²) < 4.78 is 44.1. The minimum atomic E-state index is -4.04. The smallest absolute Gasteiger partial charge is 0.262 e. The number of aliphatic hydroxyl groups excluding tert-OH is 1. The van der Waals surface area contributed by atoms with Crippen LogP contribution in [0, 0.1) is 0 Å². The summed E-state index contributed by atoms with van der Waals surface area (Å²) in [6, 6.07) is -0.913. The monoisotopic (exact) mass is 472 g/mol. The summed E-state index contributed by atoms with van der Waals surface area (Å²) in [6.45, 7) is -0.703. The van der Waals surface area contributed by atoms with Gasteiger partial charge < -0.3 is 36.1 Å². The average molecular weight is 473 g/mol. The standard InChI is InChI=1S/C18H24N4O7S2/c1-27-10-2-4-12-13(6-10)22(18(30)21-12)31(25,26)11-3-5-14(28-8-16(19)23)15(7-11)29-9-17(20)24/h2,4,6-7,12-13,17,24H,3,5,8-9,20H2,1H3,(H2,19,23)(H,21,30). The van der Waals surface area contributed by atoms with Crippen molar-refractivity contribution in [1.29, 1.82) is 0 Å². The molecule has 0 radical (unpaired) electrons. The van der Waals surface area contributed by atoms with Crippen molar-refractivity contribution >= 4 is 33.3 Å². The molecule has 0 spiro atoms. The van der Waals surface area contributed by atoms with E-state index in [4.69, 9.17) is 37.9 Å². The van der Waals surface area contributed by atoms with Crippen LogP contribution in [0.2, 0.25) is 0 Å². The molecule has 170 valence electrons. The Hall–Kier alpha value is -2.61. The summed E-state index contributed by atoms with van der Waals surface area (Å²) in [5, 5.41) is 12.4. The summed E-state index contributed by atoms with van der Waals surface area (Å²) in [5.74, 6) is 0.106. The molecule has 1 aliphatic heterocycles. The van der Waals surface area contributed by atoms with Crippen molar-refractivity contribution in [2.45, 2.75) is 31.2 Å². The van der Waals surface area contributed by atoms with Crippen LogP contribution in [-0.2, 0) is 29.0 Å². The summed E-state index contributed by atoms with van der Waals surface area (Å²) >= 11 is 5.29. The fourth-order valence-corrected chi connectivity index (χ4v) is 5.53. The maximum absolute atomic E-state index is 13.5. The number of nitrogens with two attached hydrogens (primary N) is 2. The number of sulfonamides is 1. The minimum Gasteiger partial charge on any atom is -0.497 e. The van der Waals surface area contributed by atoms with Crippen LogP contribution < -0.4 is 16.8 Å². The molecule has 1 fully saturated rings. The second kappa shape index (κ2) is 9.26. The molecule has 0 aromatic rings. The van der Waals surface area contributed by atoms with E-state index in [1.807, 2.05) is 0 Å². The van der Waals surface area contributed by atoms with Crippen LogP contribution in [0.3, 0.4) is 0 Å². The van der Waals surface area contributed by atoms with E-state index in [-0.39, 0.29) is 47.0 Å². The molecule has 0 bridgehead atoms. The van der Waals surface area contributed by atoms with E-state index in [2.05, 4.69) is 5.32 Å². The number of carbonyl (C=O) groups is 1. The number of hydrogen-bond donors (Lipinski definition) is 4. The van der Waals surface area contributed by atoms with E-state index < -0.39 is 34.8 Å². The second-order valence-electron chi connectivity index (χ2n) is 6.93. The Morgan fingerprint density at radius 3 is 2.81 bits per heavy atom. The van der Waals surface area contributed by atoms with E-state index in [0.29, 0.717) is 5.76 Å². The van der Waals surface area contributed by atoms with Crippen molar-refractivity contribution in [2.24, 2.45) is 11.5 Å². The summed E-state index contributed by atoms with van der Waals surface area (Å²) in [7, 11) is -2.54. The van der Waals surface area contributed by atoms with Gasteiger partial charge in [-0.1, -0.05) is 6.08 Å². The first-order valence-corrected chi connectivity index (χ1v) is 11.2. The lowest BCUT2D eigenvalue weighted by atomic mass is 10.0. The van der Waals surface area contributed by atoms with Crippen molar-refractivity contribution in [1.82, 2.24) is 9.62 Å². The van der Waals surface area contributed by atoms with Gasteiger partial charge in [-0.25, -0.2) is 12.7 Å². The first kappa shape index (κ1) is 23.1. The molecule has 13 heteroatoms. The van der Waals surface area contributed by atoms with Gasteiger partial charge in [-0.2, -0.15) is 0 Å². The molecule has 6 N–H and O–H groups in total. The average Bonchev–Trinajstić information content (AvgIpc) is 3.06. The van der Waals surface area contributed by atoms with Crippen LogP contribution in [0.1, 0.15) is 12.8 Å². The quantitative estimate of drug-likeness (QED) is 0.242. The molecule has 1 saturated heterocycles. The zero-order valence-corrected chi connectivity index (χ0v) is 18.3. The van der Waals surface area contributed by atoms with Gasteiger partial charge in [0.1, 0.15) is 24.4 Å². The molecule has 1 heterocycles. The molecule has 3 rings (SSSR count). The van der Waals surface area contributed by atoms with Gasteiger partial charge >= 0.3 is 0 Å². The highest BCUT2D eigenvalue weighted by Gasteiger charge is 2.45. The Balaban J connectivity index is 1.93. The number of ether oxygens (including phenoxy) is 3. The highest BCUT2D eigenvalue weighted by molar-refractivity contribution is 7.94. The zero-order chi connectivity index (χ0) is 22.8. The van der Waals surface area contributed by atoms with Crippen LogP contribution in [0.5, 0.6) is 0 Å². The minimum absolute atomic E-state index is 0.0344. The second-order valence-corrected chi connectivity index (χ2v) is 9.19. The zero-order valence-electron chi connectivity index (χ0n) is 16.7. The SMILES string of the molecule is COC1=CC2C(C=C1)NC(=S)N2S(=O)(=O)C1=CC(OCC(N)O)=C(OCC(N)=O)CC1. The topological polar surface area (TPSA) is 166 Å². The Bertz CT molecular complexity index is 985. The third kappa shape index (κ3) is 5.01. The number of rotatable bonds is 9. The van der Waals surface area contributed by atoms with Crippen LogP contribution in [0.15, 0.2) is 46.5 Å². The van der Waals surface area contributed by atoms with E-state index in [0.717, 1.165) is 4.31 Å². The summed E-state index contributed by atoms with van der Waals surface area (Å²) in [6.07, 6.45) is 5.42. The van der Waals surface area contributed by atoms with Gasteiger partial charge in [0.05, 0.1) is 24.1 Å². The molecule has 1 amide bonds. The van der Waals surface area contributed by atoms with Gasteiger partial charge in [-0.05, 0) is 30.8 Å². The number of nitrogens with zero attached hydrogens (tertiary/aromatic N) is 1. The fourth-order valence-electron chi connectivity index (χ4n) is 3.32. The molecule has 0 saturated carbocycles. The molecule has 3 unspecified atom stereocenters. The summed E-state index contributed by atoms with van der Waals surface area (Å²) in [5.41, 5.74) is 10.4. The first-order chi connectivity index (χ1) is 14.6. The highest BCUT2D eigenvalue weighted by atomic mass is 32.2. The fraction of sp³-hybridized carbons (Fsp3) is 0.444. The van der Waals surface area contributed by atoms with Crippen molar-refractivity contribution < 1.29 is 32.5 Å². The van der Waals surface area contributed by atoms with Crippen LogP contribution >= 0.6 is 12.2 Å². The van der Waals surface area contributed by atoms with E-state index in [1.165, 1.54) is 13.2 Å². The number of thiocarbonyl (C=S) groups is 1. The Kier molecular flexibility index (Phi) is 6.89. The van der Waals surface area contributed by atoms with Gasteiger partial charge in [-0.3, -0.25) is 4.79 Å². The van der Waals surface area contributed by atoms with Crippen molar-refractivity contribution in [3.05, 3.63) is 46.5 Å². The van der Waals surface area contributed by atoms with Gasteiger partial charge in [-0.15, -0.1) is 0 Å². The molecule has 0 aromatic heterocycles. The number of nitrogens with one attached hydrogen (secondary N) is 1. The lowest BCUT2D eigenvalue weighted by Gasteiger charge is -2.28. The summed E-state index contributed by atoms with van der Waals surface area (Å²) in [4.78, 5) is 11.1. The van der Waals surface area contributed by atoms with Crippen LogP contribution in [0.4, 0.5) is 0 Å². The maximum Gasteiger partial charge on any atom is 0.262 e. The van der Waals surface area contributed by atoms with Crippen molar-refractivity contribution in [3.8, 4) is 0 Å². The molecular formula is C18H24N4O7S2. The molecular weight excluding hydrogens is 448 g/mol. The van der Waals surface area contributed by atoms with Crippen molar-refractivity contribution in [3.63, 3.8) is 0 Å². The molecule has 31 heavy (non-hydrogen) atoms. The largest absolute Gasteiger partial charge is 0.497 e. The number of carbonyl (C=O) groups excluding carboxylic acids is 1. The number of primary amides is 1. The van der Waals surface area contributed by atoms with Crippen LogP contribution in [0.25, 0.3) is 0 Å². The predicted octanol–water partition coefficient (Wildman–Crippen LogP) is -0.971. The maximum atomic E-state index is 13.5. The molecule has 11 nitrogen and oxygen atoms in total. The molecule has 0 aromatic carbocycles. The van der Waals surface area contributed by atoms with Gasteiger partial charge in [0.2, 0.25) is 0 Å². The Labute approximate surface area is 185 Å². The Morgan fingerprint density at radius 2 is 2.16 bits per heavy atom. The number of amides is 1. The predicted molar refractivity (Wildman–Crippen MR) is 114 cm³/mol. The van der Waals surface area contributed by atoms with Crippen LogP contribution in [-0.4, -0.2) is 67.5 Å². The van der Waals surface area contributed by atoms with Gasteiger partial charge in [0.15, 0.2) is 17.5 Å². The molecule has 3 aliphatic rings. The third-order valence-electron chi connectivity index (χ3n) is 4.72.